The van der Waals surface area contributed by atoms with E-state index in [2.05, 4.69) is 29.6 Å². The van der Waals surface area contributed by atoms with Gasteiger partial charge in [-0.25, -0.2) is 4.79 Å². The maximum Gasteiger partial charge on any atom is 0.338 e. The van der Waals surface area contributed by atoms with Crippen LogP contribution in [0.15, 0.2) is 164 Å². The van der Waals surface area contributed by atoms with Crippen molar-refractivity contribution in [3.63, 3.8) is 0 Å². The third-order valence-electron chi connectivity index (χ3n) is 11.8. The van der Waals surface area contributed by atoms with Gasteiger partial charge in [-0.2, -0.15) is 0 Å². The first-order valence-electron chi connectivity index (χ1n) is 22.1. The topological polar surface area (TPSA) is 129 Å². The van der Waals surface area contributed by atoms with E-state index in [4.69, 9.17) is 42.6 Å². The minimum Gasteiger partial charge on any atom is -0.459 e. The Balaban J connectivity index is 1.06. The minimum absolute atomic E-state index is 0.165. The van der Waals surface area contributed by atoms with Crippen LogP contribution in [0.2, 0.25) is 0 Å². The summed E-state index contributed by atoms with van der Waals surface area (Å²) in [6, 6.07) is 51.5. The zero-order valence-corrected chi connectivity index (χ0v) is 36.1. The van der Waals surface area contributed by atoms with Gasteiger partial charge in [0.15, 0.2) is 12.6 Å². The maximum atomic E-state index is 13.5. The van der Waals surface area contributed by atoms with Crippen LogP contribution in [-0.4, -0.2) is 86.4 Å². The highest BCUT2D eigenvalue weighted by Crippen LogP contribution is 2.38. The van der Waals surface area contributed by atoms with Gasteiger partial charge in [0.25, 0.3) is 0 Å². The molecule has 2 bridgehead atoms. The summed E-state index contributed by atoms with van der Waals surface area (Å²) in [4.78, 5) is 26.8. The van der Waals surface area contributed by atoms with E-state index < -0.39 is 67.3 Å². The van der Waals surface area contributed by atoms with Gasteiger partial charge < -0.3 is 47.9 Å². The number of carbonyl (C=O) groups excluding carboxylic acids is 2. The molecule has 0 radical (unpaired) electrons. The summed E-state index contributed by atoms with van der Waals surface area (Å²) in [7, 11) is 0. The SMILES string of the molecule is CC(=O)N[C@H]1[C@@H](O[C@@H]2[C@@H](OCc3ccccc3)[C@@H](OCc3ccccc3)[C@@H]3OC[C@@H]2O3)O[C@H](COC(=O)c2ccccc2)[C@@H](OCc2ccc3ccccc3c2)[C@@H]1OCc1ccccc1. The molecule has 0 aromatic heterocycles. The first-order valence-corrected chi connectivity index (χ1v) is 22.1. The highest BCUT2D eigenvalue weighted by molar-refractivity contribution is 5.89. The molecule has 3 saturated heterocycles. The number of fused-ring (bicyclic) bond motifs is 3. The van der Waals surface area contributed by atoms with E-state index in [1.54, 1.807) is 24.3 Å². The Kier molecular flexibility index (Phi) is 14.7. The quantitative estimate of drug-likeness (QED) is 0.0853. The van der Waals surface area contributed by atoms with Crippen LogP contribution in [0.5, 0.6) is 0 Å². The Labute approximate surface area is 378 Å². The molecule has 10 atom stereocenters. The van der Waals surface area contributed by atoms with Crippen molar-refractivity contribution in [2.75, 3.05) is 13.2 Å². The van der Waals surface area contributed by atoms with Gasteiger partial charge in [0.2, 0.25) is 5.91 Å². The molecule has 6 aromatic rings. The minimum atomic E-state index is -1.19. The molecule has 12 nitrogen and oxygen atoms in total. The molecule has 12 heteroatoms. The number of ether oxygens (including phenoxy) is 9. The molecule has 3 aliphatic rings. The highest BCUT2D eigenvalue weighted by Gasteiger charge is 2.56. The molecule has 336 valence electrons. The number of hydrogen-bond acceptors (Lipinski definition) is 11. The van der Waals surface area contributed by atoms with Crippen LogP contribution < -0.4 is 5.32 Å². The van der Waals surface area contributed by atoms with Crippen molar-refractivity contribution in [1.82, 2.24) is 5.32 Å². The molecule has 65 heavy (non-hydrogen) atoms. The van der Waals surface area contributed by atoms with Crippen LogP contribution >= 0.6 is 0 Å². The number of esters is 1. The summed E-state index contributed by atoms with van der Waals surface area (Å²) in [5.74, 6) is -0.874. The number of carbonyl (C=O) groups is 2. The van der Waals surface area contributed by atoms with Crippen LogP contribution in [0.4, 0.5) is 0 Å². The molecular weight excluding hydrogens is 827 g/mol. The normalized spacial score (nSPS) is 26.1. The first kappa shape index (κ1) is 44.4. The van der Waals surface area contributed by atoms with E-state index in [9.17, 15) is 9.59 Å². The van der Waals surface area contributed by atoms with Crippen LogP contribution in [0.1, 0.15) is 39.5 Å². The second-order valence-electron chi connectivity index (χ2n) is 16.5. The van der Waals surface area contributed by atoms with E-state index in [0.717, 1.165) is 33.0 Å². The molecule has 1 N–H and O–H groups in total. The van der Waals surface area contributed by atoms with Crippen molar-refractivity contribution in [3.05, 3.63) is 192 Å². The lowest BCUT2D eigenvalue weighted by Crippen LogP contribution is -2.68. The van der Waals surface area contributed by atoms with Gasteiger partial charge in [0.05, 0.1) is 38.6 Å². The van der Waals surface area contributed by atoms with Crippen molar-refractivity contribution in [3.8, 4) is 0 Å². The predicted molar refractivity (Wildman–Crippen MR) is 240 cm³/mol. The van der Waals surface area contributed by atoms with E-state index in [1.165, 1.54) is 6.92 Å². The van der Waals surface area contributed by atoms with Gasteiger partial charge in [0, 0.05) is 6.92 Å². The van der Waals surface area contributed by atoms with Gasteiger partial charge in [-0.15, -0.1) is 0 Å². The Morgan fingerprint density at radius 1 is 0.554 bits per heavy atom. The lowest BCUT2D eigenvalue weighted by Gasteiger charge is -2.48. The monoisotopic (exact) mass is 879 g/mol. The number of rotatable bonds is 18. The molecule has 6 aromatic carbocycles. The molecule has 0 aliphatic carbocycles. The fourth-order valence-corrected chi connectivity index (χ4v) is 8.60. The Morgan fingerprint density at radius 3 is 1.72 bits per heavy atom. The smallest absolute Gasteiger partial charge is 0.338 e. The Morgan fingerprint density at radius 2 is 1.09 bits per heavy atom. The van der Waals surface area contributed by atoms with Crippen LogP contribution in [-0.2, 0) is 73.9 Å². The zero-order valence-electron chi connectivity index (χ0n) is 36.1. The molecular formula is C53H53NO11. The second kappa shape index (κ2) is 21.5. The molecule has 1 amide bonds. The Bertz CT molecular complexity index is 2440. The number of hydrogen-bond donors (Lipinski definition) is 1. The zero-order chi connectivity index (χ0) is 44.4. The van der Waals surface area contributed by atoms with E-state index >= 15 is 0 Å². The van der Waals surface area contributed by atoms with Crippen molar-refractivity contribution < 1.29 is 52.2 Å². The van der Waals surface area contributed by atoms with Gasteiger partial charge in [0.1, 0.15) is 55.4 Å². The van der Waals surface area contributed by atoms with Crippen molar-refractivity contribution in [2.45, 2.75) is 94.7 Å². The second-order valence-corrected chi connectivity index (χ2v) is 16.5. The van der Waals surface area contributed by atoms with Gasteiger partial charge in [-0.1, -0.05) is 146 Å². The fourth-order valence-electron chi connectivity index (χ4n) is 8.60. The molecule has 3 heterocycles. The molecule has 9 rings (SSSR count). The van der Waals surface area contributed by atoms with Crippen molar-refractivity contribution in [2.24, 2.45) is 0 Å². The van der Waals surface area contributed by atoms with Crippen LogP contribution in [0.25, 0.3) is 10.8 Å². The summed E-state index contributed by atoms with van der Waals surface area (Å²) < 4.78 is 59.7. The van der Waals surface area contributed by atoms with Crippen molar-refractivity contribution in [1.29, 1.82) is 0 Å². The molecule has 0 unspecified atom stereocenters. The number of nitrogens with one attached hydrogen (secondary N) is 1. The summed E-state index contributed by atoms with van der Waals surface area (Å²) in [5, 5.41) is 5.26. The van der Waals surface area contributed by atoms with E-state index in [0.29, 0.717) is 5.56 Å². The van der Waals surface area contributed by atoms with Gasteiger partial charge in [-0.05, 0) is 51.2 Å². The first-order chi connectivity index (χ1) is 31.9. The highest BCUT2D eigenvalue weighted by atomic mass is 16.8. The molecule has 3 fully saturated rings. The predicted octanol–water partition coefficient (Wildman–Crippen LogP) is 7.71. The molecule has 0 spiro atoms. The van der Waals surface area contributed by atoms with Gasteiger partial charge in [-0.3, -0.25) is 4.79 Å². The van der Waals surface area contributed by atoms with Crippen molar-refractivity contribution >= 4 is 22.6 Å². The standard InChI is InChI=1S/C53H53NO11/c1-35(55)54-45-48(58-29-36-16-6-2-7-17-36)46(57-32-39-26-27-40-22-14-15-25-42(40)28-39)43(33-61-51(56)41-23-12-5-13-24-41)63-52(45)65-47-44-34-62-53(64-44)50(60-31-38-20-10-4-11-21-38)49(47)59-30-37-18-8-3-9-19-37/h2-28,43-50,52-53H,29-34H2,1H3,(H,54,55)/t43-,44+,45-,46-,47+,48-,49-,50-,52-,53-/m1/s1. The number of benzene rings is 6. The molecule has 3 aliphatic heterocycles. The lowest BCUT2D eigenvalue weighted by atomic mass is 9.94. The molecule has 0 saturated carbocycles. The lowest BCUT2D eigenvalue weighted by molar-refractivity contribution is -0.333. The summed E-state index contributed by atoms with van der Waals surface area (Å²) in [5.41, 5.74) is 4.12. The average Bonchev–Trinajstić information content (AvgIpc) is 3.79. The summed E-state index contributed by atoms with van der Waals surface area (Å²) in [6.07, 6.45) is -7.45. The van der Waals surface area contributed by atoms with Crippen LogP contribution in [0, 0.1) is 0 Å². The largest absolute Gasteiger partial charge is 0.459 e. The van der Waals surface area contributed by atoms with E-state index in [-0.39, 0.29) is 45.5 Å². The summed E-state index contributed by atoms with van der Waals surface area (Å²) >= 11 is 0. The maximum absolute atomic E-state index is 13.5. The number of amides is 1. The van der Waals surface area contributed by atoms with E-state index in [1.807, 2.05) is 115 Å². The van der Waals surface area contributed by atoms with Gasteiger partial charge >= 0.3 is 5.97 Å². The van der Waals surface area contributed by atoms with Crippen LogP contribution in [0.3, 0.4) is 0 Å². The third-order valence-corrected chi connectivity index (χ3v) is 11.8. The fraction of sp³-hybridized carbons (Fsp3) is 0.321. The third kappa shape index (κ3) is 11.2. The average molecular weight is 880 g/mol. The summed E-state index contributed by atoms with van der Waals surface area (Å²) in [6.45, 7) is 2.27. The Hall–Kier alpha value is -5.80.